The first-order valence-electron chi connectivity index (χ1n) is 7.51. The monoisotopic (exact) mass is 325 g/mol. The zero-order valence-electron chi connectivity index (χ0n) is 12.9. The number of nitrogens with one attached hydrogen (secondary N) is 2. The Labute approximate surface area is 137 Å². The lowest BCUT2D eigenvalue weighted by Crippen LogP contribution is -2.40. The molecule has 5 nitrogen and oxygen atoms in total. The average molecular weight is 326 g/mol. The number of carbonyl (C=O) groups is 2. The van der Waals surface area contributed by atoms with E-state index in [9.17, 15) is 9.59 Å². The Bertz CT molecular complexity index is 511. The SMILES string of the molecule is CCNC(=O)c1ccc(NC(=O)C2(CN)CCCC2)cc1.Cl. The summed E-state index contributed by atoms with van der Waals surface area (Å²) in [6.45, 7) is 2.85. The van der Waals surface area contributed by atoms with Crippen molar-refractivity contribution in [3.63, 3.8) is 0 Å². The molecule has 0 saturated heterocycles. The molecule has 1 aromatic carbocycles. The van der Waals surface area contributed by atoms with Gasteiger partial charge in [0.1, 0.15) is 0 Å². The van der Waals surface area contributed by atoms with E-state index >= 15 is 0 Å². The number of rotatable bonds is 5. The molecule has 2 rings (SSSR count). The first-order chi connectivity index (χ1) is 10.1. The van der Waals surface area contributed by atoms with Gasteiger partial charge < -0.3 is 16.4 Å². The van der Waals surface area contributed by atoms with Crippen molar-refractivity contribution in [2.24, 2.45) is 11.1 Å². The predicted octanol–water partition coefficient (Wildman–Crippen LogP) is 2.32. The van der Waals surface area contributed by atoms with Gasteiger partial charge in [-0.05, 0) is 44.0 Å². The number of halogens is 1. The number of hydrogen-bond donors (Lipinski definition) is 3. The topological polar surface area (TPSA) is 84.2 Å². The van der Waals surface area contributed by atoms with E-state index in [0.717, 1.165) is 25.7 Å². The minimum absolute atomic E-state index is 0. The molecule has 6 heteroatoms. The van der Waals surface area contributed by atoms with E-state index in [0.29, 0.717) is 24.3 Å². The van der Waals surface area contributed by atoms with Crippen LogP contribution in [0.4, 0.5) is 5.69 Å². The Hall–Kier alpha value is -1.59. The van der Waals surface area contributed by atoms with Gasteiger partial charge in [-0.25, -0.2) is 0 Å². The van der Waals surface area contributed by atoms with Crippen LogP contribution in [0.25, 0.3) is 0 Å². The van der Waals surface area contributed by atoms with Gasteiger partial charge in [0, 0.05) is 24.3 Å². The molecule has 1 saturated carbocycles. The molecule has 1 aromatic rings. The molecular formula is C16H24ClN3O2. The summed E-state index contributed by atoms with van der Waals surface area (Å²) in [5.74, 6) is -0.113. The van der Waals surface area contributed by atoms with Gasteiger partial charge in [-0.1, -0.05) is 12.8 Å². The Morgan fingerprint density at radius 3 is 2.27 bits per heavy atom. The molecule has 4 N–H and O–H groups in total. The maximum atomic E-state index is 12.4. The molecule has 0 bridgehead atoms. The standard InChI is InChI=1S/C16H23N3O2.ClH/c1-2-18-14(20)12-5-7-13(8-6-12)19-15(21)16(11-17)9-3-4-10-16;/h5-8H,2-4,9-11,17H2,1H3,(H,18,20)(H,19,21);1H. The molecule has 0 aromatic heterocycles. The zero-order chi connectivity index (χ0) is 15.3. The largest absolute Gasteiger partial charge is 0.352 e. The third-order valence-electron chi connectivity index (χ3n) is 4.18. The molecule has 1 aliphatic carbocycles. The third kappa shape index (κ3) is 3.99. The molecule has 2 amide bonds. The summed E-state index contributed by atoms with van der Waals surface area (Å²) >= 11 is 0. The van der Waals surface area contributed by atoms with Crippen molar-refractivity contribution in [2.75, 3.05) is 18.4 Å². The van der Waals surface area contributed by atoms with Crippen LogP contribution in [-0.2, 0) is 4.79 Å². The van der Waals surface area contributed by atoms with E-state index in [-0.39, 0.29) is 24.2 Å². The van der Waals surface area contributed by atoms with Crippen LogP contribution in [-0.4, -0.2) is 24.9 Å². The van der Waals surface area contributed by atoms with Crippen LogP contribution in [0.3, 0.4) is 0 Å². The molecule has 1 fully saturated rings. The fraction of sp³-hybridized carbons (Fsp3) is 0.500. The van der Waals surface area contributed by atoms with Gasteiger partial charge in [-0.3, -0.25) is 9.59 Å². The van der Waals surface area contributed by atoms with E-state index in [2.05, 4.69) is 10.6 Å². The Kier molecular flexibility index (Phi) is 6.84. The number of carbonyl (C=O) groups excluding carboxylic acids is 2. The van der Waals surface area contributed by atoms with Crippen LogP contribution in [0, 0.1) is 5.41 Å². The lowest BCUT2D eigenvalue weighted by atomic mass is 9.85. The van der Waals surface area contributed by atoms with E-state index in [1.165, 1.54) is 0 Å². The summed E-state index contributed by atoms with van der Waals surface area (Å²) in [5, 5.41) is 5.66. The van der Waals surface area contributed by atoms with Gasteiger partial charge in [0.05, 0.1) is 5.41 Å². The number of nitrogens with two attached hydrogens (primary N) is 1. The molecule has 0 unspecified atom stereocenters. The second kappa shape index (κ2) is 8.15. The van der Waals surface area contributed by atoms with Gasteiger partial charge in [-0.15, -0.1) is 12.4 Å². The fourth-order valence-electron chi connectivity index (χ4n) is 2.81. The van der Waals surface area contributed by atoms with Crippen LogP contribution in [0.5, 0.6) is 0 Å². The number of amides is 2. The summed E-state index contributed by atoms with van der Waals surface area (Å²) in [7, 11) is 0. The van der Waals surface area contributed by atoms with E-state index in [1.807, 2.05) is 6.92 Å². The summed E-state index contributed by atoms with van der Waals surface area (Å²) in [6.07, 6.45) is 3.82. The lowest BCUT2D eigenvalue weighted by molar-refractivity contribution is -0.124. The average Bonchev–Trinajstić information content (AvgIpc) is 2.98. The third-order valence-corrected chi connectivity index (χ3v) is 4.18. The van der Waals surface area contributed by atoms with Gasteiger partial charge in [-0.2, -0.15) is 0 Å². The van der Waals surface area contributed by atoms with Gasteiger partial charge in [0.25, 0.3) is 5.91 Å². The summed E-state index contributed by atoms with van der Waals surface area (Å²) in [6, 6.07) is 6.93. The molecule has 0 heterocycles. The Morgan fingerprint density at radius 2 is 1.77 bits per heavy atom. The van der Waals surface area contributed by atoms with Crippen molar-refractivity contribution >= 4 is 29.9 Å². The minimum atomic E-state index is -0.418. The minimum Gasteiger partial charge on any atom is -0.352 e. The quantitative estimate of drug-likeness (QED) is 0.776. The number of anilines is 1. The Morgan fingerprint density at radius 1 is 1.18 bits per heavy atom. The highest BCUT2D eigenvalue weighted by atomic mass is 35.5. The van der Waals surface area contributed by atoms with Crippen LogP contribution in [0.2, 0.25) is 0 Å². The molecule has 0 aliphatic heterocycles. The molecule has 122 valence electrons. The highest BCUT2D eigenvalue weighted by molar-refractivity contribution is 5.97. The van der Waals surface area contributed by atoms with Crippen molar-refractivity contribution in [3.8, 4) is 0 Å². The van der Waals surface area contributed by atoms with Crippen molar-refractivity contribution < 1.29 is 9.59 Å². The van der Waals surface area contributed by atoms with Crippen molar-refractivity contribution in [2.45, 2.75) is 32.6 Å². The molecular weight excluding hydrogens is 302 g/mol. The molecule has 1 aliphatic rings. The van der Waals surface area contributed by atoms with Crippen LogP contribution in [0.1, 0.15) is 43.0 Å². The first-order valence-corrected chi connectivity index (χ1v) is 7.51. The first kappa shape index (κ1) is 18.5. The zero-order valence-corrected chi connectivity index (χ0v) is 13.7. The smallest absolute Gasteiger partial charge is 0.251 e. The highest BCUT2D eigenvalue weighted by Crippen LogP contribution is 2.38. The van der Waals surface area contributed by atoms with Crippen molar-refractivity contribution in [3.05, 3.63) is 29.8 Å². The maximum absolute atomic E-state index is 12.4. The highest BCUT2D eigenvalue weighted by Gasteiger charge is 2.39. The van der Waals surface area contributed by atoms with E-state index < -0.39 is 5.41 Å². The van der Waals surface area contributed by atoms with Crippen molar-refractivity contribution in [1.82, 2.24) is 5.32 Å². The lowest BCUT2D eigenvalue weighted by Gasteiger charge is -2.25. The van der Waals surface area contributed by atoms with Gasteiger partial charge in [0.2, 0.25) is 5.91 Å². The van der Waals surface area contributed by atoms with Crippen molar-refractivity contribution in [1.29, 1.82) is 0 Å². The normalized spacial score (nSPS) is 15.7. The summed E-state index contributed by atoms with van der Waals surface area (Å²) in [4.78, 5) is 24.1. The number of benzene rings is 1. The van der Waals surface area contributed by atoms with Gasteiger partial charge in [0.15, 0.2) is 0 Å². The molecule has 0 spiro atoms. The molecule has 22 heavy (non-hydrogen) atoms. The van der Waals surface area contributed by atoms with Gasteiger partial charge >= 0.3 is 0 Å². The van der Waals surface area contributed by atoms with Crippen LogP contribution >= 0.6 is 12.4 Å². The second-order valence-electron chi connectivity index (χ2n) is 5.58. The summed E-state index contributed by atoms with van der Waals surface area (Å²) < 4.78 is 0. The number of hydrogen-bond acceptors (Lipinski definition) is 3. The fourth-order valence-corrected chi connectivity index (χ4v) is 2.81. The maximum Gasteiger partial charge on any atom is 0.251 e. The Balaban J connectivity index is 0.00000242. The second-order valence-corrected chi connectivity index (χ2v) is 5.58. The molecule has 0 radical (unpaired) electrons. The predicted molar refractivity (Wildman–Crippen MR) is 90.3 cm³/mol. The van der Waals surface area contributed by atoms with Crippen LogP contribution in [0.15, 0.2) is 24.3 Å². The van der Waals surface area contributed by atoms with E-state index in [4.69, 9.17) is 5.73 Å². The molecule has 0 atom stereocenters. The summed E-state index contributed by atoms with van der Waals surface area (Å²) in [5.41, 5.74) is 6.68. The van der Waals surface area contributed by atoms with Crippen LogP contribution < -0.4 is 16.4 Å². The van der Waals surface area contributed by atoms with E-state index in [1.54, 1.807) is 24.3 Å².